The molecule has 33 heavy (non-hydrogen) atoms. The summed E-state index contributed by atoms with van der Waals surface area (Å²) in [6.07, 6.45) is 3.89. The molecule has 3 heterocycles. The summed E-state index contributed by atoms with van der Waals surface area (Å²) in [6, 6.07) is 18.8. The Morgan fingerprint density at radius 2 is 1.91 bits per heavy atom. The maximum atomic E-state index is 13.1. The molecule has 0 radical (unpaired) electrons. The van der Waals surface area contributed by atoms with Crippen LogP contribution in [0.2, 0.25) is 0 Å². The van der Waals surface area contributed by atoms with Crippen molar-refractivity contribution in [3.63, 3.8) is 0 Å². The fourth-order valence-corrected chi connectivity index (χ4v) is 5.49. The minimum atomic E-state index is 0.0813. The number of aromatic amines is 1. The highest BCUT2D eigenvalue weighted by Gasteiger charge is 2.26. The van der Waals surface area contributed by atoms with Gasteiger partial charge in [-0.25, -0.2) is 4.98 Å². The van der Waals surface area contributed by atoms with Gasteiger partial charge in [0.15, 0.2) is 0 Å². The molecule has 1 fully saturated rings. The Labute approximate surface area is 198 Å². The number of aryl methyl sites for hydroxylation is 1. The summed E-state index contributed by atoms with van der Waals surface area (Å²) in [4.78, 5) is 23.5. The molecule has 4 aromatic rings. The van der Waals surface area contributed by atoms with Crippen molar-refractivity contribution < 1.29 is 4.79 Å². The van der Waals surface area contributed by atoms with Gasteiger partial charge in [-0.2, -0.15) is 0 Å². The van der Waals surface area contributed by atoms with Crippen LogP contribution in [0.1, 0.15) is 40.6 Å². The summed E-state index contributed by atoms with van der Waals surface area (Å²) >= 11 is 1.70. The van der Waals surface area contributed by atoms with Crippen LogP contribution in [0.5, 0.6) is 0 Å². The Morgan fingerprint density at radius 3 is 2.67 bits per heavy atom. The molecular formula is C27H30N4OS. The van der Waals surface area contributed by atoms with Gasteiger partial charge in [0, 0.05) is 47.4 Å². The molecule has 2 aromatic heterocycles. The fraction of sp³-hybridized carbons (Fsp3) is 0.333. The van der Waals surface area contributed by atoms with Crippen molar-refractivity contribution in [3.8, 4) is 0 Å². The lowest BCUT2D eigenvalue weighted by Gasteiger charge is -2.31. The Balaban J connectivity index is 1.23. The van der Waals surface area contributed by atoms with Gasteiger partial charge in [-0.05, 0) is 50.0 Å². The van der Waals surface area contributed by atoms with E-state index in [-0.39, 0.29) is 17.7 Å². The van der Waals surface area contributed by atoms with Crippen LogP contribution < -0.4 is 5.32 Å². The van der Waals surface area contributed by atoms with E-state index >= 15 is 0 Å². The maximum absolute atomic E-state index is 13.1. The molecule has 1 aliphatic rings. The summed E-state index contributed by atoms with van der Waals surface area (Å²) in [7, 11) is 0. The van der Waals surface area contributed by atoms with E-state index in [0.717, 1.165) is 48.7 Å². The molecule has 5 nitrogen and oxygen atoms in total. The van der Waals surface area contributed by atoms with E-state index in [0.29, 0.717) is 6.54 Å². The zero-order valence-electron chi connectivity index (χ0n) is 19.0. The average molecular weight is 459 g/mol. The second kappa shape index (κ2) is 9.89. The number of H-pyrrole nitrogens is 1. The van der Waals surface area contributed by atoms with E-state index in [1.807, 2.05) is 19.1 Å². The van der Waals surface area contributed by atoms with Crippen LogP contribution >= 0.6 is 11.3 Å². The molecule has 1 atom stereocenters. The number of piperidine rings is 1. The highest BCUT2D eigenvalue weighted by molar-refractivity contribution is 7.09. The number of carbonyl (C=O) groups is 1. The van der Waals surface area contributed by atoms with Crippen LogP contribution in [-0.2, 0) is 11.3 Å². The van der Waals surface area contributed by atoms with Gasteiger partial charge in [-0.15, -0.1) is 11.3 Å². The predicted molar refractivity (Wildman–Crippen MR) is 134 cm³/mol. The van der Waals surface area contributed by atoms with Crippen LogP contribution in [0.3, 0.4) is 0 Å². The summed E-state index contributed by atoms with van der Waals surface area (Å²) in [5, 5.41) is 7.76. The van der Waals surface area contributed by atoms with Gasteiger partial charge in [0.1, 0.15) is 0 Å². The molecular weight excluding hydrogens is 428 g/mol. The standard InChI is InChI=1S/C27H30N4OS/c1-19-30-22(18-33-19)17-31-13-11-21(12-14-31)27(32)29-15-24(20-7-3-2-4-8-20)25-16-28-26-10-6-5-9-23(25)26/h2-10,16,18,21,24,28H,11-15,17H2,1H3,(H,29,32). The van der Waals surface area contributed by atoms with Crippen LogP contribution in [0.15, 0.2) is 66.2 Å². The monoisotopic (exact) mass is 458 g/mol. The molecule has 1 aliphatic heterocycles. The fourth-order valence-electron chi connectivity index (χ4n) is 4.89. The minimum Gasteiger partial charge on any atom is -0.361 e. The third-order valence-electron chi connectivity index (χ3n) is 6.69. The average Bonchev–Trinajstić information content (AvgIpc) is 3.46. The van der Waals surface area contributed by atoms with Gasteiger partial charge in [-0.1, -0.05) is 48.5 Å². The molecule has 1 amide bonds. The number of nitrogens with zero attached hydrogens (tertiary/aromatic N) is 2. The van der Waals surface area contributed by atoms with E-state index in [1.54, 1.807) is 11.3 Å². The number of benzene rings is 2. The maximum Gasteiger partial charge on any atom is 0.223 e. The molecule has 6 heteroatoms. The van der Waals surface area contributed by atoms with E-state index < -0.39 is 0 Å². The molecule has 0 bridgehead atoms. The second-order valence-corrected chi connectivity index (χ2v) is 9.97. The first-order chi connectivity index (χ1) is 16.2. The number of likely N-dealkylation sites (tertiary alicyclic amines) is 1. The minimum absolute atomic E-state index is 0.0813. The first kappa shape index (κ1) is 21.9. The quantitative estimate of drug-likeness (QED) is 0.405. The van der Waals surface area contributed by atoms with Gasteiger partial charge >= 0.3 is 0 Å². The third kappa shape index (κ3) is 5.02. The molecule has 5 rings (SSSR count). The zero-order chi connectivity index (χ0) is 22.6. The van der Waals surface area contributed by atoms with Gasteiger partial charge in [0.25, 0.3) is 0 Å². The predicted octanol–water partition coefficient (Wildman–Crippen LogP) is 5.09. The highest BCUT2D eigenvalue weighted by Crippen LogP contribution is 2.30. The van der Waals surface area contributed by atoms with Crippen LogP contribution in [0.4, 0.5) is 0 Å². The third-order valence-corrected chi connectivity index (χ3v) is 7.51. The van der Waals surface area contributed by atoms with Crippen molar-refractivity contribution in [1.29, 1.82) is 0 Å². The van der Waals surface area contributed by atoms with Gasteiger partial charge in [0.05, 0.1) is 10.7 Å². The van der Waals surface area contributed by atoms with Crippen molar-refractivity contribution >= 4 is 28.1 Å². The Morgan fingerprint density at radius 1 is 1.15 bits per heavy atom. The summed E-state index contributed by atoms with van der Waals surface area (Å²) < 4.78 is 0. The number of hydrogen-bond acceptors (Lipinski definition) is 4. The van der Waals surface area contributed by atoms with Gasteiger partial charge in [-0.3, -0.25) is 9.69 Å². The Bertz CT molecular complexity index is 1210. The number of rotatable bonds is 7. The number of amides is 1. The summed E-state index contributed by atoms with van der Waals surface area (Å²) in [5.74, 6) is 0.372. The van der Waals surface area contributed by atoms with E-state index in [1.165, 1.54) is 16.5 Å². The molecule has 0 aliphatic carbocycles. The number of nitrogens with one attached hydrogen (secondary N) is 2. The van der Waals surface area contributed by atoms with Crippen LogP contribution in [0, 0.1) is 12.8 Å². The number of carbonyl (C=O) groups excluding carboxylic acids is 1. The smallest absolute Gasteiger partial charge is 0.223 e. The van der Waals surface area contributed by atoms with Crippen molar-refractivity contribution in [2.45, 2.75) is 32.2 Å². The summed E-state index contributed by atoms with van der Waals surface area (Å²) in [6.45, 7) is 5.42. The molecule has 2 N–H and O–H groups in total. The lowest BCUT2D eigenvalue weighted by atomic mass is 9.90. The van der Waals surface area contributed by atoms with Crippen LogP contribution in [-0.4, -0.2) is 40.4 Å². The number of hydrogen-bond donors (Lipinski definition) is 2. The van der Waals surface area contributed by atoms with E-state index in [2.05, 4.69) is 74.2 Å². The highest BCUT2D eigenvalue weighted by atomic mass is 32.1. The first-order valence-corrected chi connectivity index (χ1v) is 12.6. The Hall–Kier alpha value is -2.96. The lowest BCUT2D eigenvalue weighted by molar-refractivity contribution is -0.126. The van der Waals surface area contributed by atoms with Gasteiger partial charge < -0.3 is 10.3 Å². The second-order valence-electron chi connectivity index (χ2n) is 8.91. The molecule has 1 saturated heterocycles. The van der Waals surface area contributed by atoms with Crippen molar-refractivity contribution in [2.75, 3.05) is 19.6 Å². The molecule has 170 valence electrons. The van der Waals surface area contributed by atoms with Crippen molar-refractivity contribution in [1.82, 2.24) is 20.2 Å². The molecule has 1 unspecified atom stereocenters. The number of para-hydroxylation sites is 1. The summed E-state index contributed by atoms with van der Waals surface area (Å²) in [5.41, 5.74) is 4.72. The first-order valence-electron chi connectivity index (χ1n) is 11.7. The van der Waals surface area contributed by atoms with Crippen LogP contribution in [0.25, 0.3) is 10.9 Å². The number of fused-ring (bicyclic) bond motifs is 1. The van der Waals surface area contributed by atoms with E-state index in [9.17, 15) is 4.79 Å². The number of aromatic nitrogens is 2. The molecule has 2 aromatic carbocycles. The van der Waals surface area contributed by atoms with Crippen molar-refractivity contribution in [3.05, 3.63) is 88.0 Å². The SMILES string of the molecule is Cc1nc(CN2CCC(C(=O)NCC(c3ccccc3)c3c[nH]c4ccccc34)CC2)cs1. The normalized spacial score (nSPS) is 16.2. The Kier molecular flexibility index (Phi) is 6.55. The van der Waals surface area contributed by atoms with Gasteiger partial charge in [0.2, 0.25) is 5.91 Å². The zero-order valence-corrected chi connectivity index (χ0v) is 19.8. The lowest BCUT2D eigenvalue weighted by Crippen LogP contribution is -2.41. The van der Waals surface area contributed by atoms with Crippen molar-refractivity contribution in [2.24, 2.45) is 5.92 Å². The molecule has 0 spiro atoms. The number of thiazole rings is 1. The van der Waals surface area contributed by atoms with E-state index in [4.69, 9.17) is 0 Å². The topological polar surface area (TPSA) is 61.0 Å². The largest absolute Gasteiger partial charge is 0.361 e. The molecule has 0 saturated carbocycles.